The topological polar surface area (TPSA) is 34.1 Å². The van der Waals surface area contributed by atoms with Crippen LogP contribution in [0.3, 0.4) is 0 Å². The van der Waals surface area contributed by atoms with Gasteiger partial charge in [-0.1, -0.05) is 23.2 Å². The summed E-state index contributed by atoms with van der Waals surface area (Å²) in [6.45, 7) is 1.51. The summed E-state index contributed by atoms with van der Waals surface area (Å²) in [6.07, 6.45) is 3.37. The predicted octanol–water partition coefficient (Wildman–Crippen LogP) is 4.40. The van der Waals surface area contributed by atoms with E-state index in [1.165, 1.54) is 6.20 Å². The van der Waals surface area contributed by atoms with Crippen molar-refractivity contribution in [2.45, 2.75) is 12.5 Å². The molecule has 0 amide bonds. The minimum absolute atomic E-state index is 0.0177. The van der Waals surface area contributed by atoms with Crippen LogP contribution in [0.5, 0.6) is 5.75 Å². The fourth-order valence-corrected chi connectivity index (χ4v) is 3.10. The summed E-state index contributed by atoms with van der Waals surface area (Å²) in [4.78, 5) is 4.04. The molecule has 0 saturated carbocycles. The number of rotatable bonds is 4. The van der Waals surface area contributed by atoms with Crippen molar-refractivity contribution in [2.24, 2.45) is 5.92 Å². The van der Waals surface area contributed by atoms with Gasteiger partial charge in [0.05, 0.1) is 5.02 Å². The van der Waals surface area contributed by atoms with Crippen molar-refractivity contribution in [3.05, 3.63) is 57.8 Å². The Balaban J connectivity index is 1.96. The van der Waals surface area contributed by atoms with E-state index in [1.807, 2.05) is 0 Å². The second-order valence-electron chi connectivity index (χ2n) is 5.43. The monoisotopic (exact) mass is 358 g/mol. The highest BCUT2D eigenvalue weighted by Crippen LogP contribution is 2.35. The average molecular weight is 359 g/mol. The summed E-state index contributed by atoms with van der Waals surface area (Å²) in [7, 11) is 0. The van der Waals surface area contributed by atoms with E-state index >= 15 is 0 Å². The molecule has 3 rings (SSSR count). The quantitative estimate of drug-likeness (QED) is 0.879. The Bertz CT molecular complexity index is 685. The van der Waals surface area contributed by atoms with Gasteiger partial charge in [-0.05, 0) is 31.2 Å². The van der Waals surface area contributed by atoms with Crippen molar-refractivity contribution in [3.8, 4) is 5.75 Å². The first-order valence-corrected chi connectivity index (χ1v) is 7.92. The molecule has 0 unspecified atom stereocenters. The van der Waals surface area contributed by atoms with Gasteiger partial charge in [0.1, 0.15) is 6.10 Å². The minimum atomic E-state index is -0.832. The first kappa shape index (κ1) is 16.4. The Kier molecular flexibility index (Phi) is 4.99. The summed E-state index contributed by atoms with van der Waals surface area (Å²) in [5.41, 5.74) is 0.681. The summed E-state index contributed by atoms with van der Waals surface area (Å²) >= 11 is 11.6. The van der Waals surface area contributed by atoms with Gasteiger partial charge in [-0.3, -0.25) is 4.98 Å². The van der Waals surface area contributed by atoms with Crippen LogP contribution in [0.1, 0.15) is 18.1 Å². The number of aromatic nitrogens is 1. The van der Waals surface area contributed by atoms with E-state index in [-0.39, 0.29) is 10.9 Å². The molecule has 2 atom stereocenters. The van der Waals surface area contributed by atoms with Crippen LogP contribution < -0.4 is 10.1 Å². The van der Waals surface area contributed by atoms with E-state index in [9.17, 15) is 8.78 Å². The van der Waals surface area contributed by atoms with Crippen molar-refractivity contribution < 1.29 is 13.5 Å². The van der Waals surface area contributed by atoms with Crippen LogP contribution in [-0.4, -0.2) is 18.1 Å². The van der Waals surface area contributed by atoms with Crippen molar-refractivity contribution in [3.63, 3.8) is 0 Å². The van der Waals surface area contributed by atoms with Crippen LogP contribution in [0.2, 0.25) is 10.0 Å². The van der Waals surface area contributed by atoms with Crippen molar-refractivity contribution in [2.75, 3.05) is 13.1 Å². The lowest BCUT2D eigenvalue weighted by atomic mass is 9.96. The van der Waals surface area contributed by atoms with Crippen LogP contribution in [0.4, 0.5) is 8.78 Å². The Morgan fingerprint density at radius 1 is 1.13 bits per heavy atom. The molecule has 23 heavy (non-hydrogen) atoms. The van der Waals surface area contributed by atoms with Gasteiger partial charge >= 0.3 is 0 Å². The molecular weight excluding hydrogens is 345 g/mol. The molecule has 1 aliphatic heterocycles. The van der Waals surface area contributed by atoms with Crippen LogP contribution in [-0.2, 0) is 0 Å². The number of nitrogens with zero attached hydrogens (tertiary/aromatic N) is 1. The Morgan fingerprint density at radius 3 is 2.48 bits per heavy atom. The molecule has 1 N–H and O–H groups in total. The number of hydrogen-bond acceptors (Lipinski definition) is 3. The molecule has 0 radical (unpaired) electrons. The number of halogens is 4. The first-order chi connectivity index (χ1) is 11.0. The highest BCUT2D eigenvalue weighted by molar-refractivity contribution is 6.30. The maximum atomic E-state index is 14.0. The van der Waals surface area contributed by atoms with Gasteiger partial charge in [-0.25, -0.2) is 8.78 Å². The van der Waals surface area contributed by atoms with E-state index in [4.69, 9.17) is 27.9 Å². The van der Waals surface area contributed by atoms with E-state index < -0.39 is 23.5 Å². The molecular formula is C16H14Cl2F2N2O. The minimum Gasteiger partial charge on any atom is -0.479 e. The largest absolute Gasteiger partial charge is 0.479 e. The fourth-order valence-electron chi connectivity index (χ4n) is 2.72. The summed E-state index contributed by atoms with van der Waals surface area (Å²) in [5.74, 6) is -2.04. The smallest absolute Gasteiger partial charge is 0.191 e. The SMILES string of the molecule is Fc1cc(Cl)cc(F)c1O[C@@H](c1cncc(Cl)c1)[C@H]1CCNC1. The lowest BCUT2D eigenvalue weighted by molar-refractivity contribution is 0.131. The lowest BCUT2D eigenvalue weighted by Crippen LogP contribution is -2.22. The van der Waals surface area contributed by atoms with Gasteiger partial charge in [0, 0.05) is 35.4 Å². The molecule has 0 aliphatic carbocycles. The van der Waals surface area contributed by atoms with E-state index in [1.54, 1.807) is 12.3 Å². The third-order valence-electron chi connectivity index (χ3n) is 3.79. The molecule has 1 aromatic heterocycles. The highest BCUT2D eigenvalue weighted by atomic mass is 35.5. The summed E-state index contributed by atoms with van der Waals surface area (Å²) < 4.78 is 33.8. The lowest BCUT2D eigenvalue weighted by Gasteiger charge is -2.25. The molecule has 122 valence electrons. The molecule has 1 saturated heterocycles. The van der Waals surface area contributed by atoms with Gasteiger partial charge in [0.15, 0.2) is 17.4 Å². The predicted molar refractivity (Wildman–Crippen MR) is 85.0 cm³/mol. The third kappa shape index (κ3) is 3.74. The van der Waals surface area contributed by atoms with Crippen LogP contribution >= 0.6 is 23.2 Å². The molecule has 1 fully saturated rings. The van der Waals surface area contributed by atoms with Gasteiger partial charge in [-0.2, -0.15) is 0 Å². The number of hydrogen-bond donors (Lipinski definition) is 1. The van der Waals surface area contributed by atoms with Gasteiger partial charge < -0.3 is 10.1 Å². The number of ether oxygens (including phenoxy) is 1. The molecule has 3 nitrogen and oxygen atoms in total. The van der Waals surface area contributed by atoms with Crippen molar-refractivity contribution in [1.82, 2.24) is 10.3 Å². The first-order valence-electron chi connectivity index (χ1n) is 7.17. The fraction of sp³-hybridized carbons (Fsp3) is 0.312. The van der Waals surface area contributed by atoms with Gasteiger partial charge in [0.25, 0.3) is 0 Å². The van der Waals surface area contributed by atoms with Gasteiger partial charge in [-0.15, -0.1) is 0 Å². The molecule has 0 spiro atoms. The molecule has 1 aliphatic rings. The van der Waals surface area contributed by atoms with Crippen LogP contribution in [0.25, 0.3) is 0 Å². The molecule has 1 aromatic carbocycles. The van der Waals surface area contributed by atoms with E-state index in [0.29, 0.717) is 17.1 Å². The van der Waals surface area contributed by atoms with E-state index in [2.05, 4.69) is 10.3 Å². The van der Waals surface area contributed by atoms with Crippen LogP contribution in [0.15, 0.2) is 30.6 Å². The molecule has 7 heteroatoms. The molecule has 2 heterocycles. The third-order valence-corrected chi connectivity index (χ3v) is 4.21. The summed E-state index contributed by atoms with van der Waals surface area (Å²) in [5, 5.41) is 3.65. The second-order valence-corrected chi connectivity index (χ2v) is 6.30. The zero-order valence-electron chi connectivity index (χ0n) is 12.0. The standard InChI is InChI=1S/C16H14Cl2F2N2O/c17-11-4-13(19)16(14(20)5-11)23-15(9-1-2-21-6-9)10-3-12(18)8-22-7-10/h3-5,7-9,15,21H,1-2,6H2/t9-,15+/m0/s1. The zero-order chi connectivity index (χ0) is 16.4. The second kappa shape index (κ2) is 6.99. The summed E-state index contributed by atoms with van der Waals surface area (Å²) in [6, 6.07) is 3.75. The Hall–Kier alpha value is -1.43. The maximum Gasteiger partial charge on any atom is 0.191 e. The van der Waals surface area contributed by atoms with Crippen molar-refractivity contribution >= 4 is 23.2 Å². The Morgan fingerprint density at radius 2 is 1.87 bits per heavy atom. The zero-order valence-corrected chi connectivity index (χ0v) is 13.5. The number of pyridine rings is 1. The normalized spacial score (nSPS) is 18.9. The Labute approximate surface area is 142 Å². The van der Waals surface area contributed by atoms with E-state index in [0.717, 1.165) is 25.1 Å². The highest BCUT2D eigenvalue weighted by Gasteiger charge is 2.30. The maximum absolute atomic E-state index is 14.0. The van der Waals surface area contributed by atoms with Gasteiger partial charge in [0.2, 0.25) is 0 Å². The number of benzene rings is 1. The van der Waals surface area contributed by atoms with Crippen molar-refractivity contribution in [1.29, 1.82) is 0 Å². The molecule has 2 aromatic rings. The molecule has 0 bridgehead atoms. The van der Waals surface area contributed by atoms with Crippen LogP contribution in [0, 0.1) is 17.6 Å². The number of nitrogens with one attached hydrogen (secondary N) is 1. The average Bonchev–Trinajstić information content (AvgIpc) is 3.00.